The summed E-state index contributed by atoms with van der Waals surface area (Å²) in [5, 5.41) is 10.8. The summed E-state index contributed by atoms with van der Waals surface area (Å²) in [6.45, 7) is 13.7. The van der Waals surface area contributed by atoms with Crippen LogP contribution in [0.4, 0.5) is 0 Å². The molecule has 25 heavy (non-hydrogen) atoms. The van der Waals surface area contributed by atoms with E-state index in [1.54, 1.807) is 0 Å². The number of aliphatic hydroxyl groups is 1. The van der Waals surface area contributed by atoms with Gasteiger partial charge in [-0.05, 0) is 38.2 Å². The van der Waals surface area contributed by atoms with E-state index < -0.39 is 23.6 Å². The van der Waals surface area contributed by atoms with E-state index >= 15 is 0 Å². The van der Waals surface area contributed by atoms with Crippen LogP contribution in [-0.2, 0) is 19.1 Å². The van der Waals surface area contributed by atoms with E-state index in [4.69, 9.17) is 9.47 Å². The van der Waals surface area contributed by atoms with E-state index in [-0.39, 0.29) is 23.9 Å². The Bertz CT molecular complexity index is 672. The third kappa shape index (κ3) is 2.95. The number of carbonyl (C=O) groups excluding carboxylic acids is 2. The minimum atomic E-state index is -0.652. The van der Waals surface area contributed by atoms with Gasteiger partial charge in [-0.15, -0.1) is 0 Å². The molecule has 1 heterocycles. The Labute approximate surface area is 148 Å². The van der Waals surface area contributed by atoms with E-state index in [2.05, 4.69) is 13.2 Å². The van der Waals surface area contributed by atoms with Crippen molar-refractivity contribution in [1.29, 1.82) is 0 Å². The second-order valence-corrected chi connectivity index (χ2v) is 8.05. The molecule has 1 saturated heterocycles. The van der Waals surface area contributed by atoms with Crippen LogP contribution in [0, 0.1) is 17.3 Å². The third-order valence-corrected chi connectivity index (χ3v) is 6.07. The standard InChI is InChI=1S/C20H26O5/c1-10(2)6-18(22)24-15-8-17(21)20(5)9-16-13(7-14(20)12(15)4)11(3)19(23)25-16/h6,13-17,21H,3-4,7-9H2,1-2,5H3/t13-,14?,15-,16-,17+,20-/m1/s1. The van der Waals surface area contributed by atoms with Crippen molar-refractivity contribution in [2.45, 2.75) is 58.3 Å². The van der Waals surface area contributed by atoms with Gasteiger partial charge < -0.3 is 14.6 Å². The largest absolute Gasteiger partial charge is 0.458 e. The molecule has 3 rings (SSSR count). The predicted molar refractivity (Wildman–Crippen MR) is 92.4 cm³/mol. The van der Waals surface area contributed by atoms with Crippen molar-refractivity contribution in [3.63, 3.8) is 0 Å². The Hall–Kier alpha value is -1.88. The average molecular weight is 346 g/mol. The zero-order valence-corrected chi connectivity index (χ0v) is 15.1. The molecule has 0 aromatic heterocycles. The van der Waals surface area contributed by atoms with Gasteiger partial charge in [-0.25, -0.2) is 9.59 Å². The molecule has 2 aliphatic carbocycles. The van der Waals surface area contributed by atoms with Gasteiger partial charge in [0.15, 0.2) is 0 Å². The Morgan fingerprint density at radius 1 is 1.36 bits per heavy atom. The number of allylic oxidation sites excluding steroid dienone is 1. The van der Waals surface area contributed by atoms with Crippen LogP contribution in [0.3, 0.4) is 0 Å². The van der Waals surface area contributed by atoms with Crippen LogP contribution in [0.15, 0.2) is 36.0 Å². The summed E-state index contributed by atoms with van der Waals surface area (Å²) in [5.74, 6) is -0.863. The fourth-order valence-electron chi connectivity index (χ4n) is 4.57. The maximum atomic E-state index is 12.0. The molecule has 0 aromatic rings. The molecule has 0 amide bonds. The monoisotopic (exact) mass is 346 g/mol. The van der Waals surface area contributed by atoms with Crippen LogP contribution in [0.25, 0.3) is 0 Å². The van der Waals surface area contributed by atoms with Crippen molar-refractivity contribution in [3.8, 4) is 0 Å². The van der Waals surface area contributed by atoms with Gasteiger partial charge in [0, 0.05) is 29.4 Å². The molecule has 0 aromatic carbocycles. The molecule has 2 saturated carbocycles. The lowest BCUT2D eigenvalue weighted by Crippen LogP contribution is -2.54. The highest BCUT2D eigenvalue weighted by Crippen LogP contribution is 2.57. The Kier molecular flexibility index (Phi) is 4.40. The smallest absolute Gasteiger partial charge is 0.334 e. The highest BCUT2D eigenvalue weighted by molar-refractivity contribution is 5.90. The van der Waals surface area contributed by atoms with Gasteiger partial charge in [-0.3, -0.25) is 0 Å². The number of ether oxygens (including phenoxy) is 2. The number of carbonyl (C=O) groups is 2. The van der Waals surface area contributed by atoms with Gasteiger partial charge in [0.1, 0.15) is 12.2 Å². The zero-order chi connectivity index (χ0) is 18.5. The summed E-state index contributed by atoms with van der Waals surface area (Å²) in [6, 6.07) is 0. The highest BCUT2D eigenvalue weighted by Gasteiger charge is 2.58. The van der Waals surface area contributed by atoms with Gasteiger partial charge in [0.05, 0.1) is 6.10 Å². The fraction of sp³-hybridized carbons (Fsp3) is 0.600. The quantitative estimate of drug-likeness (QED) is 0.473. The molecule has 1 aliphatic heterocycles. The molecule has 6 atom stereocenters. The lowest BCUT2D eigenvalue weighted by molar-refractivity contribution is -0.157. The third-order valence-electron chi connectivity index (χ3n) is 6.07. The van der Waals surface area contributed by atoms with Gasteiger partial charge in [0.25, 0.3) is 0 Å². The maximum absolute atomic E-state index is 12.0. The molecular weight excluding hydrogens is 320 g/mol. The van der Waals surface area contributed by atoms with Crippen molar-refractivity contribution >= 4 is 11.9 Å². The van der Waals surface area contributed by atoms with E-state index in [1.807, 2.05) is 20.8 Å². The zero-order valence-electron chi connectivity index (χ0n) is 15.1. The Morgan fingerprint density at radius 2 is 2.04 bits per heavy atom. The number of rotatable bonds is 2. The van der Waals surface area contributed by atoms with Crippen LogP contribution in [-0.4, -0.2) is 35.4 Å². The Morgan fingerprint density at radius 3 is 2.68 bits per heavy atom. The summed E-state index contributed by atoms with van der Waals surface area (Å²) >= 11 is 0. The van der Waals surface area contributed by atoms with Gasteiger partial charge in [0.2, 0.25) is 0 Å². The highest BCUT2D eigenvalue weighted by atomic mass is 16.6. The van der Waals surface area contributed by atoms with Gasteiger partial charge >= 0.3 is 11.9 Å². The van der Waals surface area contributed by atoms with Crippen LogP contribution in [0.1, 0.15) is 40.0 Å². The SMILES string of the molecule is C=C1C(=O)O[C@@H]2C[C@]3(C)C(C[C@H]12)C(=C)[C@H](OC(=O)C=C(C)C)C[C@@H]3O. The number of hydrogen-bond acceptors (Lipinski definition) is 5. The molecular formula is C20H26O5. The van der Waals surface area contributed by atoms with Gasteiger partial charge in [-0.1, -0.05) is 25.7 Å². The normalized spacial score (nSPS) is 40.0. The van der Waals surface area contributed by atoms with E-state index in [1.165, 1.54) is 6.08 Å². The summed E-state index contributed by atoms with van der Waals surface area (Å²) in [4.78, 5) is 23.8. The van der Waals surface area contributed by atoms with E-state index in [0.29, 0.717) is 24.8 Å². The number of aliphatic hydroxyl groups excluding tert-OH is 1. The van der Waals surface area contributed by atoms with Crippen molar-refractivity contribution in [2.24, 2.45) is 17.3 Å². The second-order valence-electron chi connectivity index (χ2n) is 8.05. The summed E-state index contributed by atoms with van der Waals surface area (Å²) in [7, 11) is 0. The molecule has 3 fully saturated rings. The van der Waals surface area contributed by atoms with Crippen LogP contribution >= 0.6 is 0 Å². The maximum Gasteiger partial charge on any atom is 0.334 e. The first kappa shape index (κ1) is 17.9. The van der Waals surface area contributed by atoms with Crippen LogP contribution in [0.2, 0.25) is 0 Å². The first-order valence-corrected chi connectivity index (χ1v) is 8.75. The molecule has 5 heteroatoms. The minimum absolute atomic E-state index is 0.0479. The topological polar surface area (TPSA) is 72.8 Å². The average Bonchev–Trinajstić information content (AvgIpc) is 2.77. The molecule has 0 spiro atoms. The molecule has 1 N–H and O–H groups in total. The second kappa shape index (κ2) is 6.13. The molecule has 5 nitrogen and oxygen atoms in total. The summed E-state index contributed by atoms with van der Waals surface area (Å²) < 4.78 is 11.0. The van der Waals surface area contributed by atoms with Crippen molar-refractivity contribution in [1.82, 2.24) is 0 Å². The van der Waals surface area contributed by atoms with Crippen molar-refractivity contribution in [2.75, 3.05) is 0 Å². The Balaban J connectivity index is 1.83. The molecule has 3 aliphatic rings. The molecule has 0 radical (unpaired) electrons. The number of fused-ring (bicyclic) bond motifs is 2. The number of hydrogen-bond donors (Lipinski definition) is 1. The first-order chi connectivity index (χ1) is 11.6. The first-order valence-electron chi connectivity index (χ1n) is 8.75. The lowest BCUT2D eigenvalue weighted by Gasteiger charge is -2.53. The number of esters is 2. The minimum Gasteiger partial charge on any atom is -0.458 e. The van der Waals surface area contributed by atoms with E-state index in [0.717, 1.165) is 11.1 Å². The molecule has 0 bridgehead atoms. The molecule has 1 unspecified atom stereocenters. The molecule has 136 valence electrons. The fourth-order valence-corrected chi connectivity index (χ4v) is 4.57. The van der Waals surface area contributed by atoms with E-state index in [9.17, 15) is 14.7 Å². The predicted octanol–water partition coefficient (Wildman–Crippen LogP) is 2.70. The van der Waals surface area contributed by atoms with Crippen LogP contribution < -0.4 is 0 Å². The summed E-state index contributed by atoms with van der Waals surface area (Å²) in [6.07, 6.45) is 1.57. The van der Waals surface area contributed by atoms with Crippen LogP contribution in [0.5, 0.6) is 0 Å². The van der Waals surface area contributed by atoms with Gasteiger partial charge in [-0.2, -0.15) is 0 Å². The lowest BCUT2D eigenvalue weighted by atomic mass is 9.54. The van der Waals surface area contributed by atoms with Crippen molar-refractivity contribution < 1.29 is 24.2 Å². The summed E-state index contributed by atoms with van der Waals surface area (Å²) in [5.41, 5.74) is 1.73. The van der Waals surface area contributed by atoms with Crippen molar-refractivity contribution in [3.05, 3.63) is 36.0 Å².